The van der Waals surface area contributed by atoms with Crippen LogP contribution in [0.1, 0.15) is 15.9 Å². The third-order valence-electron chi connectivity index (χ3n) is 2.76. The van der Waals surface area contributed by atoms with Crippen molar-refractivity contribution in [2.75, 3.05) is 11.9 Å². The molecule has 5 heteroatoms. The largest absolute Gasteiger partial charge is 0.452 e. The molecule has 0 unspecified atom stereocenters. The van der Waals surface area contributed by atoms with Gasteiger partial charge in [0, 0.05) is 5.69 Å². The number of carbonyl (C=O) groups is 2. The van der Waals surface area contributed by atoms with E-state index in [0.29, 0.717) is 16.8 Å². The molecule has 0 radical (unpaired) electrons. The first-order valence-corrected chi connectivity index (χ1v) is 6.41. The molecule has 0 fully saturated rings. The van der Waals surface area contributed by atoms with Gasteiger partial charge in [0.1, 0.15) is 0 Å². The number of anilines is 1. The number of ether oxygens (including phenoxy) is 1. The van der Waals surface area contributed by atoms with Gasteiger partial charge in [-0.05, 0) is 29.8 Å². The maximum absolute atomic E-state index is 11.7. The normalized spacial score (nSPS) is 9.95. The first-order valence-electron chi connectivity index (χ1n) is 6.41. The highest BCUT2D eigenvalue weighted by Crippen LogP contribution is 2.07. The van der Waals surface area contributed by atoms with E-state index in [2.05, 4.69) is 5.32 Å². The van der Waals surface area contributed by atoms with Crippen molar-refractivity contribution in [3.8, 4) is 0 Å². The van der Waals surface area contributed by atoms with Crippen molar-refractivity contribution >= 4 is 17.6 Å². The molecule has 108 valence electrons. The fourth-order valence-corrected chi connectivity index (χ4v) is 1.68. The number of amides is 1. The van der Waals surface area contributed by atoms with E-state index in [1.54, 1.807) is 48.5 Å². The molecule has 2 N–H and O–H groups in total. The summed E-state index contributed by atoms with van der Waals surface area (Å²) in [6.45, 7) is -0.440. The van der Waals surface area contributed by atoms with E-state index >= 15 is 0 Å². The highest BCUT2D eigenvalue weighted by Gasteiger charge is 2.10. The predicted octanol–water partition coefficient (Wildman–Crippen LogP) is 1.97. The Kier molecular flexibility index (Phi) is 5.06. The van der Waals surface area contributed by atoms with Crippen molar-refractivity contribution in [3.63, 3.8) is 0 Å². The van der Waals surface area contributed by atoms with Crippen LogP contribution in [0.25, 0.3) is 0 Å². The standard InChI is InChI=1S/C16H15NO4/c18-10-12-6-8-13(9-7-12)16(20)21-11-15(19)17-14-4-2-1-3-5-14/h1-9,18H,10-11H2,(H,17,19). The Morgan fingerprint density at radius 3 is 2.29 bits per heavy atom. The van der Waals surface area contributed by atoms with Gasteiger partial charge in [-0.15, -0.1) is 0 Å². The van der Waals surface area contributed by atoms with Gasteiger partial charge >= 0.3 is 5.97 Å². The number of carbonyl (C=O) groups excluding carboxylic acids is 2. The molecule has 0 heterocycles. The molecule has 0 saturated carbocycles. The molecule has 0 aromatic heterocycles. The Balaban J connectivity index is 1.84. The van der Waals surface area contributed by atoms with Crippen LogP contribution in [0.4, 0.5) is 5.69 Å². The van der Waals surface area contributed by atoms with Crippen LogP contribution in [-0.2, 0) is 16.1 Å². The second-order valence-electron chi connectivity index (χ2n) is 4.35. The fraction of sp³-hybridized carbons (Fsp3) is 0.125. The van der Waals surface area contributed by atoms with E-state index in [0.717, 1.165) is 0 Å². The Bertz CT molecular complexity index is 608. The molecule has 1 amide bonds. The molecule has 5 nitrogen and oxygen atoms in total. The maximum Gasteiger partial charge on any atom is 0.338 e. The van der Waals surface area contributed by atoms with Crippen LogP contribution in [0.2, 0.25) is 0 Å². The number of hydrogen-bond donors (Lipinski definition) is 2. The van der Waals surface area contributed by atoms with Gasteiger partial charge in [0.2, 0.25) is 0 Å². The van der Waals surface area contributed by atoms with Crippen LogP contribution in [0.3, 0.4) is 0 Å². The lowest BCUT2D eigenvalue weighted by Crippen LogP contribution is -2.20. The monoisotopic (exact) mass is 285 g/mol. The maximum atomic E-state index is 11.7. The average molecular weight is 285 g/mol. The van der Waals surface area contributed by atoms with Gasteiger partial charge in [0.25, 0.3) is 5.91 Å². The number of nitrogens with one attached hydrogen (secondary N) is 1. The second kappa shape index (κ2) is 7.21. The Labute approximate surface area is 122 Å². The number of benzene rings is 2. The van der Waals surface area contributed by atoms with E-state index in [9.17, 15) is 9.59 Å². The summed E-state index contributed by atoms with van der Waals surface area (Å²) in [5.74, 6) is -0.982. The summed E-state index contributed by atoms with van der Waals surface area (Å²) in [7, 11) is 0. The lowest BCUT2D eigenvalue weighted by atomic mass is 10.1. The summed E-state index contributed by atoms with van der Waals surface area (Å²) in [5, 5.41) is 11.5. The summed E-state index contributed by atoms with van der Waals surface area (Å²) >= 11 is 0. The Morgan fingerprint density at radius 2 is 1.67 bits per heavy atom. The van der Waals surface area contributed by atoms with E-state index in [1.807, 2.05) is 6.07 Å². The van der Waals surface area contributed by atoms with Gasteiger partial charge in [0.15, 0.2) is 6.61 Å². The topological polar surface area (TPSA) is 75.6 Å². The molecule has 2 aromatic carbocycles. The zero-order valence-corrected chi connectivity index (χ0v) is 11.3. The SMILES string of the molecule is O=C(COC(=O)c1ccc(CO)cc1)Nc1ccccc1. The molecule has 2 rings (SSSR count). The molecule has 0 aliphatic heterocycles. The summed E-state index contributed by atoms with van der Waals surface area (Å²) in [5.41, 5.74) is 1.68. The third-order valence-corrected chi connectivity index (χ3v) is 2.76. The van der Waals surface area contributed by atoms with Crippen LogP contribution in [0, 0.1) is 0 Å². The zero-order chi connectivity index (χ0) is 15.1. The minimum absolute atomic E-state index is 0.0885. The van der Waals surface area contributed by atoms with Crippen LogP contribution < -0.4 is 5.32 Å². The zero-order valence-electron chi connectivity index (χ0n) is 11.3. The number of aliphatic hydroxyl groups is 1. The van der Waals surface area contributed by atoms with Crippen molar-refractivity contribution in [3.05, 3.63) is 65.7 Å². The van der Waals surface area contributed by atoms with E-state index in [4.69, 9.17) is 9.84 Å². The van der Waals surface area contributed by atoms with Crippen molar-refractivity contribution in [2.45, 2.75) is 6.61 Å². The van der Waals surface area contributed by atoms with Crippen molar-refractivity contribution in [2.24, 2.45) is 0 Å². The first kappa shape index (κ1) is 14.7. The van der Waals surface area contributed by atoms with Crippen molar-refractivity contribution in [1.82, 2.24) is 0 Å². The number of rotatable bonds is 5. The molecule has 0 aliphatic carbocycles. The summed E-state index contributed by atoms with van der Waals surface area (Å²) in [4.78, 5) is 23.4. The smallest absolute Gasteiger partial charge is 0.338 e. The average Bonchev–Trinajstić information content (AvgIpc) is 2.53. The van der Waals surface area contributed by atoms with E-state index in [-0.39, 0.29) is 13.2 Å². The van der Waals surface area contributed by atoms with Crippen molar-refractivity contribution in [1.29, 1.82) is 0 Å². The van der Waals surface area contributed by atoms with Crippen molar-refractivity contribution < 1.29 is 19.4 Å². The lowest BCUT2D eigenvalue weighted by molar-refractivity contribution is -0.119. The molecule has 0 atom stereocenters. The van der Waals surface area contributed by atoms with Gasteiger partial charge in [-0.3, -0.25) is 4.79 Å². The van der Waals surface area contributed by atoms with Crippen LogP contribution in [0.5, 0.6) is 0 Å². The van der Waals surface area contributed by atoms with Crippen LogP contribution >= 0.6 is 0 Å². The summed E-state index contributed by atoms with van der Waals surface area (Å²) in [6, 6.07) is 15.3. The quantitative estimate of drug-likeness (QED) is 0.824. The van der Waals surface area contributed by atoms with Crippen LogP contribution in [-0.4, -0.2) is 23.6 Å². The fourth-order valence-electron chi connectivity index (χ4n) is 1.68. The summed E-state index contributed by atoms with van der Waals surface area (Å²) in [6.07, 6.45) is 0. The number of para-hydroxylation sites is 1. The number of aliphatic hydroxyl groups excluding tert-OH is 1. The lowest BCUT2D eigenvalue weighted by Gasteiger charge is -2.06. The molecule has 2 aromatic rings. The second-order valence-corrected chi connectivity index (χ2v) is 4.35. The van der Waals surface area contributed by atoms with Gasteiger partial charge in [-0.25, -0.2) is 4.79 Å². The predicted molar refractivity (Wildman–Crippen MR) is 77.7 cm³/mol. The highest BCUT2D eigenvalue weighted by atomic mass is 16.5. The Hall–Kier alpha value is -2.66. The molecule has 0 saturated heterocycles. The van der Waals surface area contributed by atoms with Gasteiger partial charge in [-0.2, -0.15) is 0 Å². The molecular weight excluding hydrogens is 270 g/mol. The minimum Gasteiger partial charge on any atom is -0.452 e. The number of esters is 1. The molecular formula is C16H15NO4. The highest BCUT2D eigenvalue weighted by molar-refractivity contribution is 5.95. The Morgan fingerprint density at radius 1 is 1.00 bits per heavy atom. The van der Waals surface area contributed by atoms with Gasteiger partial charge in [0.05, 0.1) is 12.2 Å². The molecule has 21 heavy (non-hydrogen) atoms. The van der Waals surface area contributed by atoms with E-state index in [1.165, 1.54) is 0 Å². The van der Waals surface area contributed by atoms with Gasteiger partial charge < -0.3 is 15.2 Å². The minimum atomic E-state index is -0.581. The molecule has 0 aliphatic rings. The number of hydrogen-bond acceptors (Lipinski definition) is 4. The summed E-state index contributed by atoms with van der Waals surface area (Å²) < 4.78 is 4.92. The molecule has 0 spiro atoms. The van der Waals surface area contributed by atoms with E-state index < -0.39 is 11.9 Å². The van der Waals surface area contributed by atoms with Crippen LogP contribution in [0.15, 0.2) is 54.6 Å². The third kappa shape index (κ3) is 4.43. The molecule has 0 bridgehead atoms. The first-order chi connectivity index (χ1) is 10.2. The van der Waals surface area contributed by atoms with Gasteiger partial charge in [-0.1, -0.05) is 30.3 Å².